The fourth-order valence-electron chi connectivity index (χ4n) is 2.46. The molecule has 0 spiro atoms. The van der Waals surface area contributed by atoms with Crippen molar-refractivity contribution >= 4 is 5.91 Å². The molecule has 1 heterocycles. The quantitative estimate of drug-likeness (QED) is 0.740. The zero-order chi connectivity index (χ0) is 10.7. The minimum absolute atomic E-state index is 0.0717. The van der Waals surface area contributed by atoms with E-state index in [1.807, 2.05) is 0 Å². The third kappa shape index (κ3) is 2.71. The molecule has 3 heteroatoms. The Morgan fingerprint density at radius 1 is 1.40 bits per heavy atom. The van der Waals surface area contributed by atoms with Crippen LogP contribution in [0.3, 0.4) is 0 Å². The van der Waals surface area contributed by atoms with Crippen LogP contribution in [0.25, 0.3) is 0 Å². The van der Waals surface area contributed by atoms with Gasteiger partial charge < -0.3 is 10.6 Å². The van der Waals surface area contributed by atoms with Gasteiger partial charge in [-0.25, -0.2) is 0 Å². The number of hydrogen-bond donors (Lipinski definition) is 2. The van der Waals surface area contributed by atoms with Gasteiger partial charge in [0, 0.05) is 6.54 Å². The summed E-state index contributed by atoms with van der Waals surface area (Å²) in [6.07, 6.45) is 7.26. The predicted octanol–water partition coefficient (Wildman–Crippen LogP) is 1.43. The van der Waals surface area contributed by atoms with Crippen LogP contribution in [0.5, 0.6) is 0 Å². The average Bonchev–Trinajstić information content (AvgIpc) is 2.24. The third-order valence-corrected chi connectivity index (χ3v) is 3.88. The molecule has 1 aliphatic heterocycles. The second-order valence-corrected chi connectivity index (χ2v) is 5.38. The first-order valence-electron chi connectivity index (χ1n) is 6.21. The lowest BCUT2D eigenvalue weighted by atomic mass is 9.70. The van der Waals surface area contributed by atoms with Crippen molar-refractivity contribution in [2.24, 2.45) is 5.41 Å². The van der Waals surface area contributed by atoms with Gasteiger partial charge in [-0.05, 0) is 37.6 Å². The molecule has 2 aliphatic rings. The SMILES string of the molecule is CC1(CNC(=O)[C@@H]2CCCCN2)CCC1. The Morgan fingerprint density at radius 3 is 2.73 bits per heavy atom. The molecule has 1 saturated heterocycles. The maximum absolute atomic E-state index is 11.8. The van der Waals surface area contributed by atoms with Crippen molar-refractivity contribution in [3.05, 3.63) is 0 Å². The van der Waals surface area contributed by atoms with E-state index >= 15 is 0 Å². The highest BCUT2D eigenvalue weighted by molar-refractivity contribution is 5.81. The molecule has 2 fully saturated rings. The molecule has 2 N–H and O–H groups in total. The summed E-state index contributed by atoms with van der Waals surface area (Å²) in [5.41, 5.74) is 0.393. The number of carbonyl (C=O) groups excluding carboxylic acids is 1. The van der Waals surface area contributed by atoms with Gasteiger partial charge in [-0.15, -0.1) is 0 Å². The number of rotatable bonds is 3. The van der Waals surface area contributed by atoms with Crippen LogP contribution >= 0.6 is 0 Å². The molecule has 86 valence electrons. The fraction of sp³-hybridized carbons (Fsp3) is 0.917. The van der Waals surface area contributed by atoms with Gasteiger partial charge in [0.15, 0.2) is 0 Å². The lowest BCUT2D eigenvalue weighted by molar-refractivity contribution is -0.124. The minimum atomic E-state index is 0.0717. The van der Waals surface area contributed by atoms with Crippen LogP contribution in [-0.4, -0.2) is 25.0 Å². The van der Waals surface area contributed by atoms with Crippen molar-refractivity contribution in [1.82, 2.24) is 10.6 Å². The molecule has 0 bridgehead atoms. The molecule has 0 aromatic rings. The van der Waals surface area contributed by atoms with Crippen molar-refractivity contribution in [2.75, 3.05) is 13.1 Å². The van der Waals surface area contributed by atoms with E-state index in [4.69, 9.17) is 0 Å². The highest BCUT2D eigenvalue weighted by Crippen LogP contribution is 2.39. The molecule has 0 unspecified atom stereocenters. The molecule has 0 radical (unpaired) electrons. The Labute approximate surface area is 92.0 Å². The van der Waals surface area contributed by atoms with Crippen LogP contribution in [0, 0.1) is 5.41 Å². The topological polar surface area (TPSA) is 41.1 Å². The van der Waals surface area contributed by atoms with Crippen LogP contribution in [0.4, 0.5) is 0 Å². The van der Waals surface area contributed by atoms with Crippen molar-refractivity contribution in [3.63, 3.8) is 0 Å². The molecular weight excluding hydrogens is 188 g/mol. The Hall–Kier alpha value is -0.570. The molecule has 1 aliphatic carbocycles. The maximum Gasteiger partial charge on any atom is 0.237 e. The third-order valence-electron chi connectivity index (χ3n) is 3.88. The molecule has 15 heavy (non-hydrogen) atoms. The molecule has 0 aromatic heterocycles. The Morgan fingerprint density at radius 2 is 2.20 bits per heavy atom. The summed E-state index contributed by atoms with van der Waals surface area (Å²) in [4.78, 5) is 11.8. The van der Waals surface area contributed by atoms with Crippen LogP contribution in [-0.2, 0) is 4.79 Å². The normalized spacial score (nSPS) is 29.3. The molecule has 1 saturated carbocycles. The van der Waals surface area contributed by atoms with Crippen molar-refractivity contribution < 1.29 is 4.79 Å². The van der Waals surface area contributed by atoms with Gasteiger partial charge in [-0.1, -0.05) is 19.8 Å². The predicted molar refractivity (Wildman–Crippen MR) is 60.6 cm³/mol. The first-order chi connectivity index (χ1) is 7.20. The van der Waals surface area contributed by atoms with E-state index in [0.29, 0.717) is 5.41 Å². The van der Waals surface area contributed by atoms with Gasteiger partial charge in [-0.3, -0.25) is 4.79 Å². The zero-order valence-electron chi connectivity index (χ0n) is 9.64. The Balaban J connectivity index is 1.71. The smallest absolute Gasteiger partial charge is 0.237 e. The average molecular weight is 210 g/mol. The van der Waals surface area contributed by atoms with E-state index in [9.17, 15) is 4.79 Å². The molecule has 0 aromatic carbocycles. The highest BCUT2D eigenvalue weighted by Gasteiger charge is 2.32. The van der Waals surface area contributed by atoms with Crippen LogP contribution in [0.1, 0.15) is 45.4 Å². The van der Waals surface area contributed by atoms with Crippen molar-refractivity contribution in [1.29, 1.82) is 0 Å². The number of amides is 1. The van der Waals surface area contributed by atoms with Gasteiger partial charge in [0.2, 0.25) is 5.91 Å². The summed E-state index contributed by atoms with van der Waals surface area (Å²) in [5, 5.41) is 6.37. The van der Waals surface area contributed by atoms with E-state index in [1.165, 1.54) is 32.1 Å². The summed E-state index contributed by atoms with van der Waals surface area (Å²) >= 11 is 0. The molecule has 1 amide bonds. The number of piperidine rings is 1. The van der Waals surface area contributed by atoms with Gasteiger partial charge in [-0.2, -0.15) is 0 Å². The van der Waals surface area contributed by atoms with Gasteiger partial charge >= 0.3 is 0 Å². The van der Waals surface area contributed by atoms with Crippen LogP contribution < -0.4 is 10.6 Å². The summed E-state index contributed by atoms with van der Waals surface area (Å²) in [6.45, 7) is 4.13. The van der Waals surface area contributed by atoms with Crippen LogP contribution in [0.15, 0.2) is 0 Å². The Kier molecular flexibility index (Phi) is 3.29. The summed E-state index contributed by atoms with van der Waals surface area (Å²) in [6, 6.07) is 0.0717. The largest absolute Gasteiger partial charge is 0.354 e. The van der Waals surface area contributed by atoms with E-state index in [-0.39, 0.29) is 11.9 Å². The molecule has 3 nitrogen and oxygen atoms in total. The summed E-state index contributed by atoms with van der Waals surface area (Å²) in [7, 11) is 0. The minimum Gasteiger partial charge on any atom is -0.354 e. The van der Waals surface area contributed by atoms with E-state index in [2.05, 4.69) is 17.6 Å². The lowest BCUT2D eigenvalue weighted by Crippen LogP contribution is -2.49. The Bertz CT molecular complexity index is 230. The standard InChI is InChI=1S/C12H22N2O/c1-12(6-4-7-12)9-14-11(15)10-5-2-3-8-13-10/h10,13H,2-9H2,1H3,(H,14,15)/t10-/m0/s1. The fourth-order valence-corrected chi connectivity index (χ4v) is 2.46. The molecule has 1 atom stereocenters. The molecular formula is C12H22N2O. The van der Waals surface area contributed by atoms with Gasteiger partial charge in [0.25, 0.3) is 0 Å². The van der Waals surface area contributed by atoms with Gasteiger partial charge in [0.05, 0.1) is 6.04 Å². The highest BCUT2D eigenvalue weighted by atomic mass is 16.2. The van der Waals surface area contributed by atoms with E-state index < -0.39 is 0 Å². The number of nitrogens with one attached hydrogen (secondary N) is 2. The van der Waals surface area contributed by atoms with Crippen molar-refractivity contribution in [3.8, 4) is 0 Å². The van der Waals surface area contributed by atoms with E-state index in [1.54, 1.807) is 0 Å². The summed E-state index contributed by atoms with van der Waals surface area (Å²) in [5.74, 6) is 0.211. The first kappa shape index (κ1) is 10.9. The van der Waals surface area contributed by atoms with Crippen LogP contribution in [0.2, 0.25) is 0 Å². The lowest BCUT2D eigenvalue weighted by Gasteiger charge is -2.38. The summed E-state index contributed by atoms with van der Waals surface area (Å²) < 4.78 is 0. The van der Waals surface area contributed by atoms with E-state index in [0.717, 1.165) is 19.5 Å². The van der Waals surface area contributed by atoms with Crippen molar-refractivity contribution in [2.45, 2.75) is 51.5 Å². The second-order valence-electron chi connectivity index (χ2n) is 5.38. The van der Waals surface area contributed by atoms with Gasteiger partial charge in [0.1, 0.15) is 0 Å². The monoisotopic (exact) mass is 210 g/mol. The number of hydrogen-bond acceptors (Lipinski definition) is 2. The number of carbonyl (C=O) groups is 1. The zero-order valence-corrected chi connectivity index (χ0v) is 9.64. The molecule has 2 rings (SSSR count). The maximum atomic E-state index is 11.8. The second kappa shape index (κ2) is 4.52. The first-order valence-corrected chi connectivity index (χ1v) is 6.21.